The zero-order valence-corrected chi connectivity index (χ0v) is 24.3. The summed E-state index contributed by atoms with van der Waals surface area (Å²) in [6.45, 7) is 0.311. The minimum Gasteiger partial charge on any atom is -0.475 e. The van der Waals surface area contributed by atoms with Gasteiger partial charge in [0.1, 0.15) is 17.4 Å². The Kier molecular flexibility index (Phi) is 12.8. The van der Waals surface area contributed by atoms with E-state index in [1.54, 1.807) is 23.1 Å². The molecule has 2 amide bonds. The first-order chi connectivity index (χ1) is 21.9. The first-order valence-electron chi connectivity index (χ1n) is 13.8. The second-order valence-electron chi connectivity index (χ2n) is 9.67. The summed E-state index contributed by atoms with van der Waals surface area (Å²) in [5.74, 6) is -3.99. The largest absolute Gasteiger partial charge is 0.490 e. The van der Waals surface area contributed by atoms with Crippen LogP contribution in [-0.2, 0) is 34.0 Å². The number of hydrogen-bond acceptors (Lipinski definition) is 5. The number of alkyl halides is 3. The molecule has 0 aliphatic rings. The van der Waals surface area contributed by atoms with Crippen LogP contribution in [0.25, 0.3) is 0 Å². The van der Waals surface area contributed by atoms with Crippen LogP contribution >= 0.6 is 0 Å². The highest BCUT2D eigenvalue weighted by atomic mass is 19.4. The number of hydrogen-bond donors (Lipinski definition) is 3. The fourth-order valence-corrected chi connectivity index (χ4v) is 4.04. The van der Waals surface area contributed by atoms with E-state index in [9.17, 15) is 31.5 Å². The van der Waals surface area contributed by atoms with Crippen LogP contribution in [0.5, 0.6) is 11.5 Å². The quantitative estimate of drug-likeness (QED) is 0.161. The lowest BCUT2D eigenvalue weighted by Crippen LogP contribution is -2.32. The van der Waals surface area contributed by atoms with Crippen molar-refractivity contribution in [3.05, 3.63) is 125 Å². The molecule has 4 aromatic rings. The average molecular weight is 644 g/mol. The molecule has 0 aliphatic heterocycles. The van der Waals surface area contributed by atoms with Crippen molar-refractivity contribution in [3.63, 3.8) is 0 Å². The fraction of sp³-hybridized carbons (Fsp3) is 0.182. The number of para-hydroxylation sites is 2. The molecule has 0 aliphatic carbocycles. The van der Waals surface area contributed by atoms with E-state index < -0.39 is 29.7 Å². The van der Waals surface area contributed by atoms with Crippen molar-refractivity contribution in [2.45, 2.75) is 38.7 Å². The minimum absolute atomic E-state index is 0.116. The van der Waals surface area contributed by atoms with Crippen LogP contribution in [0.3, 0.4) is 0 Å². The molecule has 0 saturated heterocycles. The third kappa shape index (κ3) is 10.7. The number of aliphatic carboxylic acids is 1. The zero-order valence-electron chi connectivity index (χ0n) is 24.3. The zero-order chi connectivity index (χ0) is 33.7. The molecule has 0 spiro atoms. The molecular formula is C33H30F5N3O5. The normalized spacial score (nSPS) is 10.7. The Morgan fingerprint density at radius 1 is 0.804 bits per heavy atom. The lowest BCUT2D eigenvalue weighted by atomic mass is 10.1. The summed E-state index contributed by atoms with van der Waals surface area (Å²) in [6.07, 6.45) is -5.35. The Hall–Kier alpha value is -5.30. The van der Waals surface area contributed by atoms with Gasteiger partial charge in [0.05, 0.1) is 12.2 Å². The summed E-state index contributed by atoms with van der Waals surface area (Å²) in [5, 5.41) is 9.62. The number of carbonyl (C=O) groups excluding carboxylic acids is 2. The lowest BCUT2D eigenvalue weighted by Gasteiger charge is -2.25. The van der Waals surface area contributed by atoms with Crippen LogP contribution in [0.2, 0.25) is 0 Å². The number of benzene rings is 4. The van der Waals surface area contributed by atoms with Gasteiger partial charge in [0.25, 0.3) is 0 Å². The third-order valence-electron chi connectivity index (χ3n) is 6.34. The maximum absolute atomic E-state index is 13.9. The van der Waals surface area contributed by atoms with Gasteiger partial charge in [-0.2, -0.15) is 13.2 Å². The van der Waals surface area contributed by atoms with E-state index in [0.29, 0.717) is 23.7 Å². The molecule has 0 heterocycles. The van der Waals surface area contributed by atoms with Crippen molar-refractivity contribution in [2.75, 3.05) is 4.90 Å². The first kappa shape index (κ1) is 35.2. The Morgan fingerprint density at radius 2 is 1.39 bits per heavy atom. The average Bonchev–Trinajstić information content (AvgIpc) is 3.03. The Balaban J connectivity index is 0.000000738. The molecule has 0 atom stereocenters. The van der Waals surface area contributed by atoms with Gasteiger partial charge in [0, 0.05) is 31.5 Å². The highest BCUT2D eigenvalue weighted by Gasteiger charge is 2.38. The minimum atomic E-state index is -5.08. The van der Waals surface area contributed by atoms with Gasteiger partial charge in [0.15, 0.2) is 5.75 Å². The molecule has 8 nitrogen and oxygen atoms in total. The van der Waals surface area contributed by atoms with Gasteiger partial charge in [-0.25, -0.2) is 13.6 Å². The molecule has 0 unspecified atom stereocenters. The third-order valence-corrected chi connectivity index (χ3v) is 6.34. The number of nitrogens with one attached hydrogen (secondary N) is 1. The van der Waals surface area contributed by atoms with Crippen LogP contribution in [0, 0.1) is 11.6 Å². The van der Waals surface area contributed by atoms with Gasteiger partial charge in [-0.3, -0.25) is 9.59 Å². The molecule has 0 bridgehead atoms. The predicted octanol–water partition coefficient (Wildman–Crippen LogP) is 6.48. The van der Waals surface area contributed by atoms with Crippen LogP contribution in [0.15, 0.2) is 97.1 Å². The highest BCUT2D eigenvalue weighted by Crippen LogP contribution is 2.34. The highest BCUT2D eigenvalue weighted by molar-refractivity contribution is 5.96. The van der Waals surface area contributed by atoms with Crippen LogP contribution in [0.4, 0.5) is 27.6 Å². The van der Waals surface area contributed by atoms with Crippen LogP contribution < -0.4 is 20.7 Å². The molecule has 0 aromatic heterocycles. The number of halogens is 5. The fourth-order valence-electron chi connectivity index (χ4n) is 4.04. The number of amides is 2. The molecule has 46 heavy (non-hydrogen) atoms. The monoisotopic (exact) mass is 643 g/mol. The van der Waals surface area contributed by atoms with E-state index in [1.165, 1.54) is 6.07 Å². The van der Waals surface area contributed by atoms with Crippen LogP contribution in [-0.4, -0.2) is 29.1 Å². The van der Waals surface area contributed by atoms with Crippen LogP contribution in [0.1, 0.15) is 29.5 Å². The maximum atomic E-state index is 13.9. The van der Waals surface area contributed by atoms with Gasteiger partial charge in [-0.05, 0) is 47.5 Å². The van der Waals surface area contributed by atoms with Gasteiger partial charge < -0.3 is 25.8 Å². The van der Waals surface area contributed by atoms with Crippen molar-refractivity contribution in [1.82, 2.24) is 5.32 Å². The summed E-state index contributed by atoms with van der Waals surface area (Å²) in [5.41, 5.74) is 7.88. The van der Waals surface area contributed by atoms with Gasteiger partial charge >= 0.3 is 12.1 Å². The standard InChI is InChI=1S/C31H29F2N3O3.C2HF3O2/c32-26-12-7-13-27(33)25(26)20-35-30(37)16-17-31(38)36(21-22-8-2-1-3-9-22)28-14-4-5-15-29(28)39-24-11-6-10-23(18-24)19-34;3-2(4,5)1(6)7/h1-15,18H,16-17,19-21,34H2,(H,35,37);(H,6,7). The van der Waals surface area contributed by atoms with Crippen molar-refractivity contribution in [3.8, 4) is 11.5 Å². The molecular weight excluding hydrogens is 613 g/mol. The van der Waals surface area contributed by atoms with E-state index in [4.69, 9.17) is 20.4 Å². The Labute approximate surface area is 261 Å². The van der Waals surface area contributed by atoms with Gasteiger partial charge in [-0.1, -0.05) is 60.7 Å². The number of anilines is 1. The number of carboxylic acid groups (broad SMARTS) is 1. The maximum Gasteiger partial charge on any atom is 0.490 e. The number of carboxylic acids is 1. The molecule has 4 rings (SSSR count). The number of ether oxygens (including phenoxy) is 1. The SMILES string of the molecule is NCc1cccc(Oc2ccccc2N(Cc2ccccc2)C(=O)CCC(=O)NCc2c(F)cccc2F)c1.O=C(O)C(F)(F)F. The van der Waals surface area contributed by atoms with E-state index in [-0.39, 0.29) is 37.4 Å². The topological polar surface area (TPSA) is 122 Å². The Morgan fingerprint density at radius 3 is 2.02 bits per heavy atom. The summed E-state index contributed by atoms with van der Waals surface area (Å²) in [4.78, 5) is 36.4. The Bertz CT molecular complexity index is 1610. The van der Waals surface area contributed by atoms with E-state index in [1.807, 2.05) is 60.7 Å². The molecule has 13 heteroatoms. The number of nitrogens with zero attached hydrogens (tertiary/aromatic N) is 1. The second-order valence-corrected chi connectivity index (χ2v) is 9.67. The molecule has 242 valence electrons. The molecule has 0 radical (unpaired) electrons. The van der Waals surface area contributed by atoms with Crippen molar-refractivity contribution in [2.24, 2.45) is 5.73 Å². The molecule has 4 aromatic carbocycles. The van der Waals surface area contributed by atoms with Gasteiger partial charge in [0.2, 0.25) is 11.8 Å². The molecule has 4 N–H and O–H groups in total. The smallest absolute Gasteiger partial charge is 0.475 e. The predicted molar refractivity (Wildman–Crippen MR) is 160 cm³/mol. The van der Waals surface area contributed by atoms with Gasteiger partial charge in [-0.15, -0.1) is 0 Å². The van der Waals surface area contributed by atoms with E-state index >= 15 is 0 Å². The van der Waals surface area contributed by atoms with Crippen molar-refractivity contribution >= 4 is 23.5 Å². The number of nitrogens with two attached hydrogens (primary N) is 1. The van der Waals surface area contributed by atoms with E-state index in [0.717, 1.165) is 23.3 Å². The summed E-state index contributed by atoms with van der Waals surface area (Å²) in [6, 6.07) is 27.5. The summed E-state index contributed by atoms with van der Waals surface area (Å²) >= 11 is 0. The lowest BCUT2D eigenvalue weighted by molar-refractivity contribution is -0.192. The van der Waals surface area contributed by atoms with E-state index in [2.05, 4.69) is 5.32 Å². The number of carbonyl (C=O) groups is 3. The first-order valence-corrected chi connectivity index (χ1v) is 13.8. The van der Waals surface area contributed by atoms with Crippen molar-refractivity contribution < 1.29 is 46.2 Å². The molecule has 0 saturated carbocycles. The van der Waals surface area contributed by atoms with Crippen molar-refractivity contribution in [1.29, 1.82) is 0 Å². The summed E-state index contributed by atoms with van der Waals surface area (Å²) in [7, 11) is 0. The summed E-state index contributed by atoms with van der Waals surface area (Å²) < 4.78 is 65.7. The second kappa shape index (κ2) is 16.7. The molecule has 0 fully saturated rings. The number of rotatable bonds is 11.